The minimum atomic E-state index is 0.608. The lowest BCUT2D eigenvalue weighted by Crippen LogP contribution is -2.40. The molecule has 0 saturated heterocycles. The number of ether oxygens (including phenoxy) is 1. The van der Waals surface area contributed by atoms with E-state index in [1.807, 2.05) is 54.9 Å². The standard InChI is InChI=1S/C28H36N6O/c29-28-32-27-14-13-26(35-25-11-5-2-6-12-25)17-23(27)21-34(28)16-8-7-15-33(20-22-18-30-31-19-22)24-9-3-1-4-10-24/h2,5-6,11-14,17-19,24H,1,3-4,7-10,15-16,20-21H2,(H2,29,32)(H,30,31). The minimum absolute atomic E-state index is 0.608. The maximum Gasteiger partial charge on any atom is 0.196 e. The predicted molar refractivity (Wildman–Crippen MR) is 140 cm³/mol. The van der Waals surface area contributed by atoms with Crippen LogP contribution in [0.5, 0.6) is 11.5 Å². The van der Waals surface area contributed by atoms with Gasteiger partial charge in [0, 0.05) is 43.0 Å². The molecule has 5 rings (SSSR count). The number of aliphatic imine (C=N–C) groups is 1. The van der Waals surface area contributed by atoms with Crippen molar-refractivity contribution in [2.24, 2.45) is 10.7 Å². The van der Waals surface area contributed by atoms with Gasteiger partial charge in [0.25, 0.3) is 0 Å². The lowest BCUT2D eigenvalue weighted by molar-refractivity contribution is 0.144. The number of nitrogens with two attached hydrogens (primary N) is 1. The molecule has 184 valence electrons. The maximum absolute atomic E-state index is 6.33. The molecular weight excluding hydrogens is 436 g/mol. The van der Waals surface area contributed by atoms with Crippen LogP contribution in [-0.2, 0) is 13.1 Å². The van der Waals surface area contributed by atoms with E-state index in [2.05, 4.69) is 31.1 Å². The molecule has 0 spiro atoms. The van der Waals surface area contributed by atoms with E-state index < -0.39 is 0 Å². The number of para-hydroxylation sites is 1. The second kappa shape index (κ2) is 11.4. The fraction of sp³-hybridized carbons (Fsp3) is 0.429. The van der Waals surface area contributed by atoms with Crippen LogP contribution in [0.25, 0.3) is 0 Å². The molecule has 0 amide bonds. The summed E-state index contributed by atoms with van der Waals surface area (Å²) < 4.78 is 6.02. The zero-order valence-corrected chi connectivity index (χ0v) is 20.4. The second-order valence-electron chi connectivity index (χ2n) is 9.67. The topological polar surface area (TPSA) is 82.8 Å². The minimum Gasteiger partial charge on any atom is -0.457 e. The Morgan fingerprint density at radius 3 is 2.69 bits per heavy atom. The SMILES string of the molecule is NC1=Nc2ccc(Oc3ccccc3)cc2CN1CCCCN(Cc1cn[nH]c1)C1CCCCC1. The van der Waals surface area contributed by atoms with E-state index in [1.165, 1.54) is 37.7 Å². The summed E-state index contributed by atoms with van der Waals surface area (Å²) in [4.78, 5) is 9.51. The molecule has 1 aliphatic carbocycles. The summed E-state index contributed by atoms with van der Waals surface area (Å²) in [5.74, 6) is 2.27. The first-order valence-corrected chi connectivity index (χ1v) is 12.9. The number of unbranched alkanes of at least 4 members (excludes halogenated alkanes) is 1. The van der Waals surface area contributed by atoms with Crippen molar-refractivity contribution >= 4 is 11.6 Å². The number of nitrogens with one attached hydrogen (secondary N) is 1. The van der Waals surface area contributed by atoms with Crippen LogP contribution in [0.4, 0.5) is 5.69 Å². The lowest BCUT2D eigenvalue weighted by Gasteiger charge is -2.34. The van der Waals surface area contributed by atoms with Gasteiger partial charge in [0.1, 0.15) is 11.5 Å². The van der Waals surface area contributed by atoms with Gasteiger partial charge in [-0.15, -0.1) is 0 Å². The predicted octanol–water partition coefficient (Wildman–Crippen LogP) is 5.58. The quantitative estimate of drug-likeness (QED) is 0.377. The van der Waals surface area contributed by atoms with Crippen molar-refractivity contribution in [2.75, 3.05) is 13.1 Å². The van der Waals surface area contributed by atoms with Crippen LogP contribution < -0.4 is 10.5 Å². The molecule has 0 atom stereocenters. The molecule has 2 aliphatic rings. The van der Waals surface area contributed by atoms with E-state index >= 15 is 0 Å². The normalized spacial score (nSPS) is 16.3. The number of aromatic nitrogens is 2. The van der Waals surface area contributed by atoms with Gasteiger partial charge in [-0.05, 0) is 62.6 Å². The fourth-order valence-corrected chi connectivity index (χ4v) is 5.21. The first-order chi connectivity index (χ1) is 17.2. The van der Waals surface area contributed by atoms with Crippen LogP contribution in [0, 0.1) is 0 Å². The van der Waals surface area contributed by atoms with Gasteiger partial charge in [0.2, 0.25) is 0 Å². The molecule has 0 bridgehead atoms. The third-order valence-corrected chi connectivity index (χ3v) is 7.11. The summed E-state index contributed by atoms with van der Waals surface area (Å²) in [7, 11) is 0. The summed E-state index contributed by atoms with van der Waals surface area (Å²) >= 11 is 0. The zero-order valence-electron chi connectivity index (χ0n) is 20.4. The van der Waals surface area contributed by atoms with Gasteiger partial charge in [-0.25, -0.2) is 4.99 Å². The highest BCUT2D eigenvalue weighted by Gasteiger charge is 2.22. The molecular formula is C28H36N6O. The first-order valence-electron chi connectivity index (χ1n) is 12.9. The Kier molecular flexibility index (Phi) is 7.63. The molecule has 35 heavy (non-hydrogen) atoms. The molecule has 7 nitrogen and oxygen atoms in total. The van der Waals surface area contributed by atoms with Gasteiger partial charge < -0.3 is 15.4 Å². The van der Waals surface area contributed by atoms with Gasteiger partial charge in [0.05, 0.1) is 11.9 Å². The maximum atomic E-state index is 6.33. The molecule has 1 aromatic heterocycles. The number of aromatic amines is 1. The highest BCUT2D eigenvalue weighted by atomic mass is 16.5. The van der Waals surface area contributed by atoms with Crippen LogP contribution >= 0.6 is 0 Å². The van der Waals surface area contributed by atoms with Crippen molar-refractivity contribution in [3.05, 3.63) is 72.1 Å². The van der Waals surface area contributed by atoms with E-state index in [4.69, 9.17) is 10.5 Å². The smallest absolute Gasteiger partial charge is 0.196 e. The molecule has 7 heteroatoms. The average Bonchev–Trinajstić information content (AvgIpc) is 3.41. The molecule has 2 heterocycles. The van der Waals surface area contributed by atoms with Gasteiger partial charge in [-0.3, -0.25) is 10.00 Å². The fourth-order valence-electron chi connectivity index (χ4n) is 5.21. The number of guanidine groups is 1. The van der Waals surface area contributed by atoms with Crippen molar-refractivity contribution < 1.29 is 4.74 Å². The van der Waals surface area contributed by atoms with Gasteiger partial charge in [0.15, 0.2) is 5.96 Å². The number of hydrogen-bond donors (Lipinski definition) is 2. The van der Waals surface area contributed by atoms with E-state index in [1.54, 1.807) is 0 Å². The molecule has 2 aromatic carbocycles. The summed E-state index contributed by atoms with van der Waals surface area (Å²) in [6, 6.07) is 16.6. The summed E-state index contributed by atoms with van der Waals surface area (Å²) in [5, 5.41) is 7.10. The monoisotopic (exact) mass is 472 g/mol. The molecule has 1 saturated carbocycles. The number of fused-ring (bicyclic) bond motifs is 1. The van der Waals surface area contributed by atoms with Gasteiger partial charge >= 0.3 is 0 Å². The van der Waals surface area contributed by atoms with Crippen molar-refractivity contribution in [1.82, 2.24) is 20.0 Å². The Bertz CT molecular complexity index is 1090. The Morgan fingerprint density at radius 1 is 1.03 bits per heavy atom. The Hall–Kier alpha value is -3.32. The van der Waals surface area contributed by atoms with Crippen LogP contribution in [0.3, 0.4) is 0 Å². The molecule has 1 aliphatic heterocycles. The molecule has 1 fully saturated rings. The summed E-state index contributed by atoms with van der Waals surface area (Å²) in [6.07, 6.45) is 12.9. The third kappa shape index (κ3) is 6.22. The Labute approximate surface area is 208 Å². The van der Waals surface area contributed by atoms with Crippen LogP contribution in [0.15, 0.2) is 65.9 Å². The number of benzene rings is 2. The van der Waals surface area contributed by atoms with Gasteiger partial charge in [-0.2, -0.15) is 5.10 Å². The van der Waals surface area contributed by atoms with Crippen LogP contribution in [-0.4, -0.2) is 45.1 Å². The van der Waals surface area contributed by atoms with Crippen molar-refractivity contribution in [1.29, 1.82) is 0 Å². The van der Waals surface area contributed by atoms with Crippen LogP contribution in [0.2, 0.25) is 0 Å². The van der Waals surface area contributed by atoms with Crippen LogP contribution in [0.1, 0.15) is 56.1 Å². The number of rotatable bonds is 10. The third-order valence-electron chi connectivity index (χ3n) is 7.11. The summed E-state index contributed by atoms with van der Waals surface area (Å²) in [6.45, 7) is 3.75. The first kappa shape index (κ1) is 23.4. The van der Waals surface area contributed by atoms with Gasteiger partial charge in [-0.1, -0.05) is 37.5 Å². The largest absolute Gasteiger partial charge is 0.457 e. The van der Waals surface area contributed by atoms with Crippen molar-refractivity contribution in [2.45, 2.75) is 64.1 Å². The highest BCUT2D eigenvalue weighted by Crippen LogP contribution is 2.31. The Balaban J connectivity index is 1.15. The summed E-state index contributed by atoms with van der Waals surface area (Å²) in [5.41, 5.74) is 9.68. The number of nitrogens with zero attached hydrogens (tertiary/aromatic N) is 4. The van der Waals surface area contributed by atoms with E-state index in [-0.39, 0.29) is 0 Å². The second-order valence-corrected chi connectivity index (χ2v) is 9.67. The number of H-pyrrole nitrogens is 1. The zero-order chi connectivity index (χ0) is 23.9. The molecule has 0 radical (unpaired) electrons. The number of hydrogen-bond acceptors (Lipinski definition) is 6. The lowest BCUT2D eigenvalue weighted by atomic mass is 9.93. The molecule has 3 N–H and O–H groups in total. The average molecular weight is 473 g/mol. The Morgan fingerprint density at radius 2 is 1.89 bits per heavy atom. The molecule has 0 unspecified atom stereocenters. The molecule has 3 aromatic rings. The van der Waals surface area contributed by atoms with E-state index in [0.717, 1.165) is 61.8 Å². The van der Waals surface area contributed by atoms with E-state index in [9.17, 15) is 0 Å². The van der Waals surface area contributed by atoms with Crippen molar-refractivity contribution in [3.8, 4) is 11.5 Å². The van der Waals surface area contributed by atoms with Crippen molar-refractivity contribution in [3.63, 3.8) is 0 Å². The van der Waals surface area contributed by atoms with E-state index in [0.29, 0.717) is 12.0 Å². The highest BCUT2D eigenvalue weighted by molar-refractivity contribution is 5.83.